The van der Waals surface area contributed by atoms with Crippen LogP contribution in [0.4, 0.5) is 5.69 Å². The van der Waals surface area contributed by atoms with Gasteiger partial charge in [0.05, 0.1) is 18.9 Å². The summed E-state index contributed by atoms with van der Waals surface area (Å²) in [5.41, 5.74) is 3.33. The molecule has 0 aromatic carbocycles. The standard InChI is InChI=1S/C14H17N3O2/c18-14-12-10(3-4-15-12)13(11-2-1-5-17(11)14)16-6-8-19-9-7-16/h3-4,15H,1-2,5-9H2. The van der Waals surface area contributed by atoms with Gasteiger partial charge in [-0.25, -0.2) is 0 Å². The molecule has 100 valence electrons. The van der Waals surface area contributed by atoms with Crippen molar-refractivity contribution >= 4 is 16.6 Å². The molecular weight excluding hydrogens is 242 g/mol. The van der Waals surface area contributed by atoms with Crippen LogP contribution in [-0.2, 0) is 17.7 Å². The van der Waals surface area contributed by atoms with Gasteiger partial charge < -0.3 is 19.2 Å². The average molecular weight is 259 g/mol. The number of H-pyrrole nitrogens is 1. The lowest BCUT2D eigenvalue weighted by atomic mass is 10.1. The number of hydrogen-bond acceptors (Lipinski definition) is 3. The van der Waals surface area contributed by atoms with Crippen molar-refractivity contribution in [1.82, 2.24) is 9.55 Å². The Hall–Kier alpha value is -1.75. The molecule has 0 atom stereocenters. The third kappa shape index (κ3) is 1.54. The molecule has 0 bridgehead atoms. The zero-order valence-electron chi connectivity index (χ0n) is 10.8. The number of hydrogen-bond donors (Lipinski definition) is 1. The normalized spacial score (nSPS) is 19.1. The Labute approximate surface area is 110 Å². The van der Waals surface area contributed by atoms with E-state index in [4.69, 9.17) is 4.74 Å². The number of nitrogens with zero attached hydrogens (tertiary/aromatic N) is 2. The topological polar surface area (TPSA) is 50.3 Å². The van der Waals surface area contributed by atoms with Crippen molar-refractivity contribution in [2.24, 2.45) is 0 Å². The van der Waals surface area contributed by atoms with Crippen LogP contribution in [0.25, 0.3) is 10.9 Å². The molecular formula is C14H17N3O2. The minimum Gasteiger partial charge on any atom is -0.378 e. The molecule has 4 rings (SSSR count). The van der Waals surface area contributed by atoms with Crippen LogP contribution in [0, 0.1) is 0 Å². The second-order valence-corrected chi connectivity index (χ2v) is 5.22. The molecule has 2 aliphatic heterocycles. The second kappa shape index (κ2) is 4.13. The van der Waals surface area contributed by atoms with Crippen molar-refractivity contribution in [2.45, 2.75) is 19.4 Å². The Morgan fingerprint density at radius 1 is 1.21 bits per heavy atom. The van der Waals surface area contributed by atoms with Gasteiger partial charge in [0.15, 0.2) is 0 Å². The third-order valence-corrected chi connectivity index (χ3v) is 4.18. The van der Waals surface area contributed by atoms with E-state index in [2.05, 4.69) is 9.88 Å². The molecule has 5 nitrogen and oxygen atoms in total. The van der Waals surface area contributed by atoms with Gasteiger partial charge in [-0.05, 0) is 18.9 Å². The fourth-order valence-corrected chi connectivity index (χ4v) is 3.32. The molecule has 1 saturated heterocycles. The maximum atomic E-state index is 12.4. The summed E-state index contributed by atoms with van der Waals surface area (Å²) in [5.74, 6) is 0. The summed E-state index contributed by atoms with van der Waals surface area (Å²) < 4.78 is 7.39. The minimum absolute atomic E-state index is 0.129. The smallest absolute Gasteiger partial charge is 0.275 e. The van der Waals surface area contributed by atoms with E-state index in [0.717, 1.165) is 56.6 Å². The Morgan fingerprint density at radius 3 is 2.89 bits per heavy atom. The van der Waals surface area contributed by atoms with Crippen molar-refractivity contribution < 1.29 is 4.74 Å². The highest BCUT2D eigenvalue weighted by Gasteiger charge is 2.25. The monoisotopic (exact) mass is 259 g/mol. The molecule has 0 saturated carbocycles. The van der Waals surface area contributed by atoms with E-state index in [1.165, 1.54) is 11.4 Å². The summed E-state index contributed by atoms with van der Waals surface area (Å²) >= 11 is 0. The largest absolute Gasteiger partial charge is 0.378 e. The number of pyridine rings is 1. The number of aromatic amines is 1. The first-order valence-electron chi connectivity index (χ1n) is 6.92. The molecule has 0 unspecified atom stereocenters. The SMILES string of the molecule is O=c1c2[nH]ccc2c(N2CCOCC2)c2n1CCC2. The summed E-state index contributed by atoms with van der Waals surface area (Å²) in [7, 11) is 0. The summed E-state index contributed by atoms with van der Waals surface area (Å²) in [5, 5.41) is 1.07. The van der Waals surface area contributed by atoms with E-state index in [-0.39, 0.29) is 5.56 Å². The molecule has 0 spiro atoms. The van der Waals surface area contributed by atoms with Gasteiger partial charge in [0.25, 0.3) is 5.56 Å². The van der Waals surface area contributed by atoms with E-state index in [0.29, 0.717) is 0 Å². The van der Waals surface area contributed by atoms with Crippen molar-refractivity contribution in [2.75, 3.05) is 31.2 Å². The average Bonchev–Trinajstić information content (AvgIpc) is 3.09. The number of nitrogens with one attached hydrogen (secondary N) is 1. The lowest BCUT2D eigenvalue weighted by Gasteiger charge is -2.31. The molecule has 1 fully saturated rings. The first kappa shape index (κ1) is 11.1. The molecule has 19 heavy (non-hydrogen) atoms. The van der Waals surface area contributed by atoms with Gasteiger partial charge >= 0.3 is 0 Å². The van der Waals surface area contributed by atoms with E-state index in [9.17, 15) is 4.79 Å². The highest BCUT2D eigenvalue weighted by atomic mass is 16.5. The number of anilines is 1. The molecule has 0 amide bonds. The summed E-state index contributed by atoms with van der Waals surface area (Å²) in [6, 6.07) is 2.03. The Kier molecular flexibility index (Phi) is 2.41. The van der Waals surface area contributed by atoms with Crippen molar-refractivity contribution in [3.8, 4) is 0 Å². The highest BCUT2D eigenvalue weighted by molar-refractivity contribution is 5.93. The van der Waals surface area contributed by atoms with Crippen molar-refractivity contribution in [3.05, 3.63) is 28.3 Å². The highest BCUT2D eigenvalue weighted by Crippen LogP contribution is 2.32. The van der Waals surface area contributed by atoms with Crippen LogP contribution in [-0.4, -0.2) is 35.9 Å². The quantitative estimate of drug-likeness (QED) is 0.834. The predicted molar refractivity (Wildman–Crippen MR) is 73.9 cm³/mol. The number of morpholine rings is 1. The van der Waals surface area contributed by atoms with Crippen molar-refractivity contribution in [3.63, 3.8) is 0 Å². The number of rotatable bonds is 1. The van der Waals surface area contributed by atoms with Crippen LogP contribution in [0.5, 0.6) is 0 Å². The fraction of sp³-hybridized carbons (Fsp3) is 0.500. The number of ether oxygens (including phenoxy) is 1. The zero-order chi connectivity index (χ0) is 12.8. The van der Waals surface area contributed by atoms with E-state index in [1.807, 2.05) is 16.8 Å². The molecule has 2 aromatic heterocycles. The number of fused-ring (bicyclic) bond motifs is 2. The van der Waals surface area contributed by atoms with E-state index < -0.39 is 0 Å². The molecule has 0 aliphatic carbocycles. The van der Waals surface area contributed by atoms with Crippen LogP contribution < -0.4 is 10.5 Å². The van der Waals surface area contributed by atoms with Crippen LogP contribution in [0.15, 0.2) is 17.1 Å². The van der Waals surface area contributed by atoms with Crippen LogP contribution in [0.3, 0.4) is 0 Å². The van der Waals surface area contributed by atoms with Gasteiger partial charge in [0, 0.05) is 36.9 Å². The van der Waals surface area contributed by atoms with Crippen LogP contribution in [0.2, 0.25) is 0 Å². The third-order valence-electron chi connectivity index (χ3n) is 4.18. The first-order chi connectivity index (χ1) is 9.36. The van der Waals surface area contributed by atoms with E-state index in [1.54, 1.807) is 0 Å². The molecule has 2 aliphatic rings. The Bertz CT molecular complexity index is 680. The Balaban J connectivity index is 2.00. The first-order valence-corrected chi connectivity index (χ1v) is 6.92. The van der Waals surface area contributed by atoms with Gasteiger partial charge in [-0.1, -0.05) is 0 Å². The van der Waals surface area contributed by atoms with Gasteiger partial charge in [0.1, 0.15) is 5.52 Å². The molecule has 0 radical (unpaired) electrons. The predicted octanol–water partition coefficient (Wildman–Crippen LogP) is 1.11. The van der Waals surface area contributed by atoms with Crippen molar-refractivity contribution in [1.29, 1.82) is 0 Å². The van der Waals surface area contributed by atoms with Gasteiger partial charge in [-0.2, -0.15) is 0 Å². The molecule has 1 N–H and O–H groups in total. The van der Waals surface area contributed by atoms with Gasteiger partial charge in [-0.15, -0.1) is 0 Å². The second-order valence-electron chi connectivity index (χ2n) is 5.22. The number of aromatic nitrogens is 2. The van der Waals surface area contributed by atoms with Crippen LogP contribution in [0.1, 0.15) is 12.1 Å². The maximum Gasteiger partial charge on any atom is 0.275 e. The van der Waals surface area contributed by atoms with Gasteiger partial charge in [0.2, 0.25) is 0 Å². The molecule has 4 heterocycles. The van der Waals surface area contributed by atoms with Gasteiger partial charge in [-0.3, -0.25) is 4.79 Å². The Morgan fingerprint density at radius 2 is 2.05 bits per heavy atom. The lowest BCUT2D eigenvalue weighted by molar-refractivity contribution is 0.122. The molecule has 5 heteroatoms. The maximum absolute atomic E-state index is 12.4. The summed E-state index contributed by atoms with van der Waals surface area (Å²) in [6.45, 7) is 4.20. The van der Waals surface area contributed by atoms with E-state index >= 15 is 0 Å². The fourth-order valence-electron chi connectivity index (χ4n) is 3.32. The van der Waals surface area contributed by atoms with Crippen LogP contribution >= 0.6 is 0 Å². The summed E-state index contributed by atoms with van der Waals surface area (Å²) in [6.07, 6.45) is 3.94. The zero-order valence-corrected chi connectivity index (χ0v) is 10.8. The molecule has 2 aromatic rings. The minimum atomic E-state index is 0.129. The summed E-state index contributed by atoms with van der Waals surface area (Å²) in [4.78, 5) is 17.9. The lowest BCUT2D eigenvalue weighted by Crippen LogP contribution is -2.38.